The quantitative estimate of drug-likeness (QED) is 0.881. The maximum absolute atomic E-state index is 5.41. The minimum absolute atomic E-state index is 0.547. The highest BCUT2D eigenvalue weighted by atomic mass is 16.5. The number of anilines is 2. The van der Waals surface area contributed by atoms with Gasteiger partial charge in [-0.1, -0.05) is 18.2 Å². The molecule has 0 amide bonds. The first kappa shape index (κ1) is 18.3. The Balaban J connectivity index is 1.93. The van der Waals surface area contributed by atoms with Gasteiger partial charge in [0, 0.05) is 30.5 Å². The van der Waals surface area contributed by atoms with E-state index < -0.39 is 0 Å². The lowest BCUT2D eigenvalue weighted by Crippen LogP contribution is -2.32. The van der Waals surface area contributed by atoms with Crippen LogP contribution >= 0.6 is 0 Å². The SMILES string of the molecule is CNC1CCc2c(cccc(Nc3ccc(C)c(OC)c3)ncn2C)C1. The van der Waals surface area contributed by atoms with E-state index >= 15 is 0 Å². The van der Waals surface area contributed by atoms with E-state index in [1.54, 1.807) is 7.11 Å². The minimum Gasteiger partial charge on any atom is -0.496 e. The maximum atomic E-state index is 5.41. The van der Waals surface area contributed by atoms with Gasteiger partial charge in [-0.25, -0.2) is 4.98 Å². The number of methoxy groups -OCH3 is 1. The summed E-state index contributed by atoms with van der Waals surface area (Å²) in [5, 5.41) is 6.77. The molecule has 2 N–H and O–H groups in total. The molecule has 0 saturated carbocycles. The molecule has 0 fully saturated rings. The van der Waals surface area contributed by atoms with Crippen LogP contribution in [0.1, 0.15) is 23.2 Å². The van der Waals surface area contributed by atoms with Crippen molar-refractivity contribution in [2.75, 3.05) is 19.5 Å². The molecule has 1 aliphatic carbocycles. The number of nitrogens with zero attached hydrogens (tertiary/aromatic N) is 2. The third kappa shape index (κ3) is 4.17. The smallest absolute Gasteiger partial charge is 0.132 e. The predicted octanol–water partition coefficient (Wildman–Crippen LogP) is 3.68. The molecule has 1 heterocycles. The molecule has 26 heavy (non-hydrogen) atoms. The second kappa shape index (κ2) is 8.23. The fourth-order valence-electron chi connectivity index (χ4n) is 3.41. The van der Waals surface area contributed by atoms with Gasteiger partial charge in [0.15, 0.2) is 0 Å². The van der Waals surface area contributed by atoms with Gasteiger partial charge in [0.1, 0.15) is 11.6 Å². The normalized spacial score (nSPS) is 15.8. The van der Waals surface area contributed by atoms with E-state index in [-0.39, 0.29) is 0 Å². The van der Waals surface area contributed by atoms with E-state index in [4.69, 9.17) is 4.74 Å². The summed E-state index contributed by atoms with van der Waals surface area (Å²) in [6.07, 6.45) is 5.16. The summed E-state index contributed by atoms with van der Waals surface area (Å²) in [7, 11) is 5.80. The van der Waals surface area contributed by atoms with E-state index in [0.29, 0.717) is 6.04 Å². The second-order valence-electron chi connectivity index (χ2n) is 6.78. The zero-order valence-corrected chi connectivity index (χ0v) is 16.0. The number of nitrogens with one attached hydrogen (secondary N) is 2. The molecule has 1 aromatic carbocycles. The molecular weight excluding hydrogens is 324 g/mol. The highest BCUT2D eigenvalue weighted by Crippen LogP contribution is 2.24. The van der Waals surface area contributed by atoms with Gasteiger partial charge in [0.05, 0.1) is 13.4 Å². The molecule has 0 saturated heterocycles. The molecule has 1 atom stereocenters. The fourth-order valence-corrected chi connectivity index (χ4v) is 3.41. The van der Waals surface area contributed by atoms with Crippen molar-refractivity contribution >= 4 is 11.5 Å². The van der Waals surface area contributed by atoms with Crippen LogP contribution in [0.5, 0.6) is 5.75 Å². The van der Waals surface area contributed by atoms with Crippen LogP contribution < -0.4 is 15.4 Å². The lowest BCUT2D eigenvalue weighted by atomic mass is 9.92. The van der Waals surface area contributed by atoms with Crippen molar-refractivity contribution in [1.82, 2.24) is 14.9 Å². The molecule has 2 aromatic rings. The van der Waals surface area contributed by atoms with Crippen LogP contribution in [0.15, 0.2) is 42.7 Å². The number of hydrogen-bond donors (Lipinski definition) is 2. The number of hydrogen-bond acceptors (Lipinski definition) is 4. The van der Waals surface area contributed by atoms with Gasteiger partial charge in [0.2, 0.25) is 0 Å². The molecule has 1 unspecified atom stereocenters. The number of rotatable bonds is 4. The molecule has 0 bridgehead atoms. The monoisotopic (exact) mass is 352 g/mol. The van der Waals surface area contributed by atoms with Gasteiger partial charge in [-0.2, -0.15) is 0 Å². The first-order valence-corrected chi connectivity index (χ1v) is 9.07. The summed E-state index contributed by atoms with van der Waals surface area (Å²) < 4.78 is 7.55. The number of aryl methyl sites for hydroxylation is 2. The predicted molar refractivity (Wildman–Crippen MR) is 107 cm³/mol. The largest absolute Gasteiger partial charge is 0.496 e. The summed E-state index contributed by atoms with van der Waals surface area (Å²) >= 11 is 0. The molecular formula is C21H28N4O. The third-order valence-electron chi connectivity index (χ3n) is 5.00. The molecule has 5 nitrogen and oxygen atoms in total. The Kier molecular flexibility index (Phi) is 5.78. The molecule has 5 heteroatoms. The Morgan fingerprint density at radius 2 is 2.08 bits per heavy atom. The molecule has 0 spiro atoms. The number of ether oxygens (including phenoxy) is 1. The minimum atomic E-state index is 0.547. The van der Waals surface area contributed by atoms with E-state index in [0.717, 1.165) is 42.1 Å². The van der Waals surface area contributed by atoms with Gasteiger partial charge < -0.3 is 19.9 Å². The lowest BCUT2D eigenvalue weighted by molar-refractivity contribution is 0.412. The van der Waals surface area contributed by atoms with Crippen molar-refractivity contribution in [3.8, 4) is 5.75 Å². The zero-order chi connectivity index (χ0) is 18.5. The lowest BCUT2D eigenvalue weighted by Gasteiger charge is -2.24. The topological polar surface area (TPSA) is 51.1 Å². The van der Waals surface area contributed by atoms with Crippen LogP contribution in [0.3, 0.4) is 0 Å². The summed E-state index contributed by atoms with van der Waals surface area (Å²) in [5.41, 5.74) is 4.79. The Morgan fingerprint density at radius 1 is 1.23 bits per heavy atom. The molecule has 1 aromatic heterocycles. The van der Waals surface area contributed by atoms with Crippen LogP contribution in [-0.2, 0) is 19.9 Å². The van der Waals surface area contributed by atoms with Crippen molar-refractivity contribution in [1.29, 1.82) is 0 Å². The van der Waals surface area contributed by atoms with E-state index in [1.165, 1.54) is 11.3 Å². The van der Waals surface area contributed by atoms with Gasteiger partial charge in [-0.15, -0.1) is 0 Å². The Bertz CT molecular complexity index is 827. The van der Waals surface area contributed by atoms with Gasteiger partial charge in [0.25, 0.3) is 0 Å². The Labute approximate surface area is 155 Å². The number of fused-ring (bicyclic) bond motifs is 1. The first-order valence-electron chi connectivity index (χ1n) is 9.07. The zero-order valence-electron chi connectivity index (χ0n) is 16.0. The van der Waals surface area contributed by atoms with E-state index in [9.17, 15) is 0 Å². The number of likely N-dealkylation sites (N-methyl/N-ethyl adjacent to an activating group) is 1. The summed E-state index contributed by atoms with van der Waals surface area (Å²) in [6.45, 7) is 2.03. The summed E-state index contributed by atoms with van der Waals surface area (Å²) in [4.78, 5) is 4.64. The molecule has 1 aliphatic rings. The highest BCUT2D eigenvalue weighted by Gasteiger charge is 2.17. The standard InChI is InChI=1S/C21H28N4O/c1-15-8-9-18(13-20(15)26-4)24-21-7-5-6-16-12-17(22-2)10-11-19(16)25(3)14-23-21/h5-9,13-14,17,22,24H,10-12H2,1-4H3. The second-order valence-corrected chi connectivity index (χ2v) is 6.78. The summed E-state index contributed by atoms with van der Waals surface area (Å²) in [6, 6.07) is 12.9. The molecule has 3 rings (SSSR count). The molecule has 0 aliphatic heterocycles. The van der Waals surface area contributed by atoms with Crippen LogP contribution in [-0.4, -0.2) is 29.8 Å². The van der Waals surface area contributed by atoms with Crippen molar-refractivity contribution in [2.45, 2.75) is 32.2 Å². The van der Waals surface area contributed by atoms with Crippen LogP contribution in [0, 0.1) is 6.92 Å². The van der Waals surface area contributed by atoms with Gasteiger partial charge in [-0.05, 0) is 56.5 Å². The van der Waals surface area contributed by atoms with Crippen molar-refractivity contribution in [3.63, 3.8) is 0 Å². The highest BCUT2D eigenvalue weighted by molar-refractivity contribution is 5.59. The van der Waals surface area contributed by atoms with Crippen molar-refractivity contribution in [3.05, 3.63) is 59.5 Å². The fraction of sp³-hybridized carbons (Fsp3) is 0.381. The number of benzene rings is 1. The molecule has 0 radical (unpaired) electrons. The third-order valence-corrected chi connectivity index (χ3v) is 5.00. The first-order chi connectivity index (χ1) is 12.6. The van der Waals surface area contributed by atoms with Crippen LogP contribution in [0.4, 0.5) is 11.5 Å². The number of aromatic nitrogens is 2. The van der Waals surface area contributed by atoms with Gasteiger partial charge in [-0.3, -0.25) is 0 Å². The average molecular weight is 352 g/mol. The average Bonchev–Trinajstić information content (AvgIpc) is 2.73. The van der Waals surface area contributed by atoms with Crippen LogP contribution in [0.25, 0.3) is 0 Å². The van der Waals surface area contributed by atoms with E-state index in [2.05, 4.69) is 39.4 Å². The summed E-state index contributed by atoms with van der Waals surface area (Å²) in [5.74, 6) is 1.66. The maximum Gasteiger partial charge on any atom is 0.132 e. The van der Waals surface area contributed by atoms with Crippen molar-refractivity contribution < 1.29 is 4.74 Å². The van der Waals surface area contributed by atoms with Crippen LogP contribution in [0.2, 0.25) is 0 Å². The van der Waals surface area contributed by atoms with Gasteiger partial charge >= 0.3 is 0 Å². The van der Waals surface area contributed by atoms with E-state index in [1.807, 2.05) is 44.6 Å². The van der Waals surface area contributed by atoms with Crippen molar-refractivity contribution in [2.24, 2.45) is 7.05 Å². The molecule has 138 valence electrons. The Hall–Kier alpha value is -2.53. The Morgan fingerprint density at radius 3 is 2.85 bits per heavy atom.